The fraction of sp³-hybridized carbons (Fsp3) is 0.278. The number of benzene rings is 2. The van der Waals surface area contributed by atoms with Gasteiger partial charge in [0.15, 0.2) is 0 Å². The fourth-order valence-corrected chi connectivity index (χ4v) is 2.22. The zero-order chi connectivity index (χ0) is 15.4. The first-order chi connectivity index (χ1) is 10.0. The lowest BCUT2D eigenvalue weighted by atomic mass is 10.1. The van der Waals surface area contributed by atoms with Gasteiger partial charge in [-0.25, -0.2) is 4.79 Å². The number of hydrogen-bond acceptors (Lipinski definition) is 3. The molecule has 2 aromatic rings. The van der Waals surface area contributed by atoms with Crippen LogP contribution >= 0.6 is 0 Å². The summed E-state index contributed by atoms with van der Waals surface area (Å²) < 4.78 is 4.73. The second-order valence-electron chi connectivity index (χ2n) is 5.29. The van der Waals surface area contributed by atoms with Crippen molar-refractivity contribution in [3.8, 4) is 0 Å². The van der Waals surface area contributed by atoms with E-state index >= 15 is 0 Å². The van der Waals surface area contributed by atoms with E-state index in [0.717, 1.165) is 17.8 Å². The largest absolute Gasteiger partial charge is 0.465 e. The molecule has 0 radical (unpaired) electrons. The molecule has 2 aromatic carbocycles. The van der Waals surface area contributed by atoms with Crippen LogP contribution in [0.15, 0.2) is 36.4 Å². The van der Waals surface area contributed by atoms with Crippen LogP contribution in [0.2, 0.25) is 0 Å². The monoisotopic (exact) mass is 283 g/mol. The number of carbonyl (C=O) groups excluding carboxylic acids is 1. The summed E-state index contributed by atoms with van der Waals surface area (Å²) in [5, 5.41) is 3.41. The van der Waals surface area contributed by atoms with E-state index in [1.54, 1.807) is 6.07 Å². The molecule has 1 N–H and O–H groups in total. The van der Waals surface area contributed by atoms with E-state index in [-0.39, 0.29) is 5.97 Å². The Balaban J connectivity index is 2.09. The van der Waals surface area contributed by atoms with Gasteiger partial charge in [-0.3, -0.25) is 0 Å². The summed E-state index contributed by atoms with van der Waals surface area (Å²) >= 11 is 0. The van der Waals surface area contributed by atoms with Crippen LogP contribution in [0.1, 0.15) is 32.6 Å². The number of carbonyl (C=O) groups is 1. The highest BCUT2D eigenvalue weighted by atomic mass is 16.5. The highest BCUT2D eigenvalue weighted by Gasteiger charge is 2.07. The molecule has 0 saturated carbocycles. The van der Waals surface area contributed by atoms with Crippen molar-refractivity contribution in [2.45, 2.75) is 27.3 Å². The van der Waals surface area contributed by atoms with Crippen molar-refractivity contribution in [3.05, 3.63) is 64.2 Å². The van der Waals surface area contributed by atoms with Gasteiger partial charge in [0.05, 0.1) is 12.7 Å². The van der Waals surface area contributed by atoms with Crippen LogP contribution in [0.3, 0.4) is 0 Å². The first-order valence-electron chi connectivity index (χ1n) is 7.00. The standard InChI is InChI=1S/C18H21NO2/c1-12-5-6-15(9-13(12)2)11-19-17-8-7-16(10-14(17)3)18(20)21-4/h5-10,19H,11H2,1-4H3. The van der Waals surface area contributed by atoms with Gasteiger partial charge in [-0.2, -0.15) is 0 Å². The summed E-state index contributed by atoms with van der Waals surface area (Å²) in [6, 6.07) is 12.0. The lowest BCUT2D eigenvalue weighted by Gasteiger charge is -2.12. The van der Waals surface area contributed by atoms with Crippen molar-refractivity contribution in [2.75, 3.05) is 12.4 Å². The van der Waals surface area contributed by atoms with E-state index in [0.29, 0.717) is 5.56 Å². The molecule has 0 spiro atoms. The van der Waals surface area contributed by atoms with E-state index in [4.69, 9.17) is 4.74 Å². The van der Waals surface area contributed by atoms with Gasteiger partial charge in [-0.15, -0.1) is 0 Å². The molecule has 0 saturated heterocycles. The lowest BCUT2D eigenvalue weighted by molar-refractivity contribution is 0.0600. The number of ether oxygens (including phenoxy) is 1. The van der Waals surface area contributed by atoms with Crippen LogP contribution in [-0.4, -0.2) is 13.1 Å². The third-order valence-corrected chi connectivity index (χ3v) is 3.70. The third-order valence-electron chi connectivity index (χ3n) is 3.70. The molecule has 0 aliphatic carbocycles. The summed E-state index contributed by atoms with van der Waals surface area (Å²) in [6.45, 7) is 6.98. The molecule has 3 nitrogen and oxygen atoms in total. The summed E-state index contributed by atoms with van der Waals surface area (Å²) in [5.41, 5.74) is 6.48. The molecule has 2 rings (SSSR count). The van der Waals surface area contributed by atoms with E-state index in [2.05, 4.69) is 37.4 Å². The molecule has 0 aromatic heterocycles. The predicted molar refractivity (Wildman–Crippen MR) is 85.8 cm³/mol. The normalized spacial score (nSPS) is 10.3. The molecule has 0 unspecified atom stereocenters. The Morgan fingerprint density at radius 1 is 1.00 bits per heavy atom. The number of esters is 1. The molecule has 21 heavy (non-hydrogen) atoms. The minimum Gasteiger partial charge on any atom is -0.465 e. The zero-order valence-electron chi connectivity index (χ0n) is 13.0. The van der Waals surface area contributed by atoms with Gasteiger partial charge in [-0.1, -0.05) is 18.2 Å². The predicted octanol–water partition coefficient (Wildman–Crippen LogP) is 4.01. The Bertz CT molecular complexity index is 662. The summed E-state index contributed by atoms with van der Waals surface area (Å²) in [5.74, 6) is -0.307. The number of aryl methyl sites for hydroxylation is 3. The maximum Gasteiger partial charge on any atom is 0.337 e. The van der Waals surface area contributed by atoms with E-state index in [1.807, 2.05) is 19.1 Å². The van der Waals surface area contributed by atoms with Crippen molar-refractivity contribution < 1.29 is 9.53 Å². The molecular formula is C18H21NO2. The third kappa shape index (κ3) is 3.63. The molecular weight excluding hydrogens is 262 g/mol. The number of nitrogens with one attached hydrogen (secondary N) is 1. The van der Waals surface area contributed by atoms with Crippen LogP contribution in [0.4, 0.5) is 5.69 Å². The highest BCUT2D eigenvalue weighted by molar-refractivity contribution is 5.90. The van der Waals surface area contributed by atoms with E-state index in [1.165, 1.54) is 23.8 Å². The van der Waals surface area contributed by atoms with Crippen molar-refractivity contribution >= 4 is 11.7 Å². The Labute approximate surface area is 126 Å². The lowest BCUT2D eigenvalue weighted by Crippen LogP contribution is -2.05. The van der Waals surface area contributed by atoms with Gasteiger partial charge in [-0.05, 0) is 61.2 Å². The van der Waals surface area contributed by atoms with E-state index in [9.17, 15) is 4.79 Å². The maximum atomic E-state index is 11.5. The van der Waals surface area contributed by atoms with Crippen LogP contribution in [0, 0.1) is 20.8 Å². The van der Waals surface area contributed by atoms with Gasteiger partial charge >= 0.3 is 5.97 Å². The Hall–Kier alpha value is -2.29. The minimum absolute atomic E-state index is 0.307. The van der Waals surface area contributed by atoms with Crippen LogP contribution in [-0.2, 0) is 11.3 Å². The van der Waals surface area contributed by atoms with Gasteiger partial charge < -0.3 is 10.1 Å². The molecule has 110 valence electrons. The second kappa shape index (κ2) is 6.44. The Kier molecular flexibility index (Phi) is 4.63. The smallest absolute Gasteiger partial charge is 0.337 e. The molecule has 0 fully saturated rings. The summed E-state index contributed by atoms with van der Waals surface area (Å²) in [7, 11) is 1.39. The quantitative estimate of drug-likeness (QED) is 0.862. The highest BCUT2D eigenvalue weighted by Crippen LogP contribution is 2.19. The van der Waals surface area contributed by atoms with Crippen molar-refractivity contribution in [1.29, 1.82) is 0 Å². The number of methoxy groups -OCH3 is 1. The number of rotatable bonds is 4. The minimum atomic E-state index is -0.307. The molecule has 0 aliphatic heterocycles. The van der Waals surface area contributed by atoms with Crippen molar-refractivity contribution in [3.63, 3.8) is 0 Å². The van der Waals surface area contributed by atoms with E-state index < -0.39 is 0 Å². The van der Waals surface area contributed by atoms with Gasteiger partial charge in [0, 0.05) is 12.2 Å². The Morgan fingerprint density at radius 2 is 1.76 bits per heavy atom. The summed E-state index contributed by atoms with van der Waals surface area (Å²) in [6.07, 6.45) is 0. The second-order valence-corrected chi connectivity index (χ2v) is 5.29. The fourth-order valence-electron chi connectivity index (χ4n) is 2.22. The topological polar surface area (TPSA) is 38.3 Å². The molecule has 0 aliphatic rings. The maximum absolute atomic E-state index is 11.5. The van der Waals surface area contributed by atoms with Crippen LogP contribution in [0.5, 0.6) is 0 Å². The van der Waals surface area contributed by atoms with Crippen LogP contribution < -0.4 is 5.32 Å². The molecule has 3 heteroatoms. The SMILES string of the molecule is COC(=O)c1ccc(NCc2ccc(C)c(C)c2)c(C)c1. The van der Waals surface area contributed by atoms with Crippen molar-refractivity contribution in [1.82, 2.24) is 0 Å². The van der Waals surface area contributed by atoms with Gasteiger partial charge in [0.1, 0.15) is 0 Å². The average molecular weight is 283 g/mol. The Morgan fingerprint density at radius 3 is 2.38 bits per heavy atom. The first-order valence-corrected chi connectivity index (χ1v) is 7.00. The number of anilines is 1. The first kappa shape index (κ1) is 15.1. The van der Waals surface area contributed by atoms with Crippen LogP contribution in [0.25, 0.3) is 0 Å². The zero-order valence-corrected chi connectivity index (χ0v) is 13.0. The van der Waals surface area contributed by atoms with Gasteiger partial charge in [0.25, 0.3) is 0 Å². The average Bonchev–Trinajstić information content (AvgIpc) is 2.48. The molecule has 0 bridgehead atoms. The molecule has 0 atom stereocenters. The van der Waals surface area contributed by atoms with Gasteiger partial charge in [0.2, 0.25) is 0 Å². The number of hydrogen-bond donors (Lipinski definition) is 1. The molecule has 0 amide bonds. The summed E-state index contributed by atoms with van der Waals surface area (Å²) in [4.78, 5) is 11.5. The van der Waals surface area contributed by atoms with Crippen molar-refractivity contribution in [2.24, 2.45) is 0 Å². The molecule has 0 heterocycles.